The van der Waals surface area contributed by atoms with Crippen molar-refractivity contribution in [2.75, 3.05) is 0 Å². The Bertz CT molecular complexity index is 872. The number of aryl methyl sites for hydroxylation is 2. The van der Waals surface area contributed by atoms with Gasteiger partial charge in [0.1, 0.15) is 17.1 Å². The number of hydrogen-bond acceptors (Lipinski definition) is 3. The molecule has 0 aliphatic carbocycles. The highest BCUT2D eigenvalue weighted by molar-refractivity contribution is 5.75. The van der Waals surface area contributed by atoms with Crippen molar-refractivity contribution < 1.29 is 14.3 Å². The van der Waals surface area contributed by atoms with Gasteiger partial charge in [-0.2, -0.15) is 0 Å². The lowest BCUT2D eigenvalue weighted by atomic mass is 9.77. The van der Waals surface area contributed by atoms with Crippen LogP contribution >= 0.6 is 0 Å². The predicted octanol–water partition coefficient (Wildman–Crippen LogP) is 6.76. The van der Waals surface area contributed by atoms with Gasteiger partial charge in [-0.05, 0) is 75.4 Å². The summed E-state index contributed by atoms with van der Waals surface area (Å²) >= 11 is 0. The Morgan fingerprint density at radius 1 is 0.897 bits per heavy atom. The Morgan fingerprint density at radius 3 is 1.79 bits per heavy atom. The average Bonchev–Trinajstić information content (AvgIpc) is 2.62. The van der Waals surface area contributed by atoms with E-state index in [4.69, 9.17) is 9.47 Å². The van der Waals surface area contributed by atoms with Gasteiger partial charge in [0.25, 0.3) is 0 Å². The number of carbonyl (C=O) groups excluding carboxylic acids is 1. The van der Waals surface area contributed by atoms with Crippen LogP contribution in [0, 0.1) is 19.8 Å². The van der Waals surface area contributed by atoms with Crippen molar-refractivity contribution in [3.05, 3.63) is 58.7 Å². The van der Waals surface area contributed by atoms with E-state index in [1.165, 1.54) is 11.1 Å². The van der Waals surface area contributed by atoms with E-state index in [0.29, 0.717) is 5.75 Å². The second kappa shape index (κ2) is 8.61. The maximum atomic E-state index is 12.1. The van der Waals surface area contributed by atoms with Gasteiger partial charge < -0.3 is 9.47 Å². The van der Waals surface area contributed by atoms with Crippen molar-refractivity contribution in [3.8, 4) is 11.5 Å². The van der Waals surface area contributed by atoms with Crippen LogP contribution in [-0.4, -0.2) is 11.6 Å². The number of rotatable bonds is 6. The highest BCUT2D eigenvalue weighted by Crippen LogP contribution is 2.36. The number of carbonyl (C=O) groups is 1. The Balaban J connectivity index is 2.30. The van der Waals surface area contributed by atoms with Crippen LogP contribution in [0.1, 0.15) is 77.1 Å². The van der Waals surface area contributed by atoms with Crippen LogP contribution < -0.4 is 9.47 Å². The SMILES string of the molecule is CCC(C)C(=O)Oc1ccc(C(C)(C)c2ccc(OC(C)(C)C)c(C)c2)cc1C. The smallest absolute Gasteiger partial charge is 0.314 e. The van der Waals surface area contributed by atoms with Crippen LogP contribution in [0.3, 0.4) is 0 Å². The largest absolute Gasteiger partial charge is 0.488 e. The summed E-state index contributed by atoms with van der Waals surface area (Å²) < 4.78 is 11.7. The Hall–Kier alpha value is -2.29. The molecule has 0 aliphatic rings. The number of esters is 1. The standard InChI is InChI=1S/C26H36O3/c1-10-17(2)24(27)28-22-13-11-20(15-18(22)3)26(8,9)21-12-14-23(19(4)16-21)29-25(5,6)7/h11-17H,10H2,1-9H3. The summed E-state index contributed by atoms with van der Waals surface area (Å²) in [7, 11) is 0. The van der Waals surface area contributed by atoms with Crippen LogP contribution in [0.25, 0.3) is 0 Å². The highest BCUT2D eigenvalue weighted by atomic mass is 16.5. The molecule has 3 heteroatoms. The second-order valence-electron chi connectivity index (χ2n) is 9.53. The van der Waals surface area contributed by atoms with Crippen molar-refractivity contribution in [3.63, 3.8) is 0 Å². The van der Waals surface area contributed by atoms with Gasteiger partial charge >= 0.3 is 5.97 Å². The first-order valence-electron chi connectivity index (χ1n) is 10.5. The molecule has 0 saturated carbocycles. The number of hydrogen-bond donors (Lipinski definition) is 0. The third-order valence-electron chi connectivity index (χ3n) is 5.43. The first-order valence-corrected chi connectivity index (χ1v) is 10.5. The molecule has 29 heavy (non-hydrogen) atoms. The summed E-state index contributed by atoms with van der Waals surface area (Å²) in [5.74, 6) is 1.29. The average molecular weight is 397 g/mol. The zero-order valence-corrected chi connectivity index (χ0v) is 19.5. The minimum Gasteiger partial charge on any atom is -0.488 e. The van der Waals surface area contributed by atoms with Gasteiger partial charge in [-0.1, -0.05) is 52.0 Å². The summed E-state index contributed by atoms with van der Waals surface area (Å²) in [6.45, 7) is 18.6. The zero-order valence-electron chi connectivity index (χ0n) is 19.5. The monoisotopic (exact) mass is 396 g/mol. The molecule has 2 rings (SSSR count). The van der Waals surface area contributed by atoms with E-state index >= 15 is 0 Å². The van der Waals surface area contributed by atoms with Crippen LogP contribution in [-0.2, 0) is 10.2 Å². The maximum absolute atomic E-state index is 12.1. The van der Waals surface area contributed by atoms with E-state index in [9.17, 15) is 4.79 Å². The quantitative estimate of drug-likeness (QED) is 0.400. The highest BCUT2D eigenvalue weighted by Gasteiger charge is 2.25. The molecule has 1 unspecified atom stereocenters. The molecule has 1 atom stereocenters. The van der Waals surface area contributed by atoms with Gasteiger partial charge in [-0.25, -0.2) is 0 Å². The maximum Gasteiger partial charge on any atom is 0.314 e. The van der Waals surface area contributed by atoms with Crippen molar-refractivity contribution in [1.29, 1.82) is 0 Å². The predicted molar refractivity (Wildman–Crippen MR) is 120 cm³/mol. The molecule has 0 N–H and O–H groups in total. The van der Waals surface area contributed by atoms with Gasteiger partial charge in [0.2, 0.25) is 0 Å². The fourth-order valence-corrected chi connectivity index (χ4v) is 3.18. The van der Waals surface area contributed by atoms with Gasteiger partial charge in [0, 0.05) is 5.41 Å². The van der Waals surface area contributed by atoms with Crippen LogP contribution in [0.2, 0.25) is 0 Å². The van der Waals surface area contributed by atoms with Crippen molar-refractivity contribution in [1.82, 2.24) is 0 Å². The van der Waals surface area contributed by atoms with Crippen molar-refractivity contribution in [2.45, 2.75) is 79.8 Å². The van der Waals surface area contributed by atoms with Gasteiger partial charge in [0.05, 0.1) is 5.92 Å². The fraction of sp³-hybridized carbons (Fsp3) is 0.500. The molecular formula is C26H36O3. The first kappa shape index (κ1) is 23.0. The van der Waals surface area contributed by atoms with E-state index < -0.39 is 0 Å². The van der Waals surface area contributed by atoms with Crippen molar-refractivity contribution >= 4 is 5.97 Å². The molecular weight excluding hydrogens is 360 g/mol. The lowest BCUT2D eigenvalue weighted by Gasteiger charge is -2.29. The topological polar surface area (TPSA) is 35.5 Å². The van der Waals surface area contributed by atoms with E-state index in [1.807, 2.05) is 26.8 Å². The molecule has 158 valence electrons. The van der Waals surface area contributed by atoms with Gasteiger partial charge in [-0.3, -0.25) is 4.79 Å². The van der Waals surface area contributed by atoms with Crippen molar-refractivity contribution in [2.24, 2.45) is 5.92 Å². The summed E-state index contributed by atoms with van der Waals surface area (Å²) in [5.41, 5.74) is 4.09. The molecule has 0 fully saturated rings. The van der Waals surface area contributed by atoms with E-state index in [2.05, 4.69) is 71.9 Å². The van der Waals surface area contributed by atoms with Gasteiger partial charge in [0.15, 0.2) is 0 Å². The summed E-state index contributed by atoms with van der Waals surface area (Å²) in [5, 5.41) is 0. The van der Waals surface area contributed by atoms with Crippen LogP contribution in [0.4, 0.5) is 0 Å². The molecule has 0 radical (unpaired) electrons. The van der Waals surface area contributed by atoms with E-state index in [0.717, 1.165) is 23.3 Å². The molecule has 0 aromatic heterocycles. The minimum absolute atomic E-state index is 0.0951. The molecule has 0 amide bonds. The normalized spacial score (nSPS) is 13.1. The molecule has 0 bridgehead atoms. The molecule has 2 aromatic carbocycles. The fourth-order valence-electron chi connectivity index (χ4n) is 3.18. The van der Waals surface area contributed by atoms with E-state index in [1.54, 1.807) is 0 Å². The molecule has 3 nitrogen and oxygen atoms in total. The van der Waals surface area contributed by atoms with Crippen LogP contribution in [0.5, 0.6) is 11.5 Å². The summed E-state index contributed by atoms with van der Waals surface area (Å²) in [4.78, 5) is 12.1. The van der Waals surface area contributed by atoms with E-state index in [-0.39, 0.29) is 22.9 Å². The molecule has 0 saturated heterocycles. The Kier molecular flexibility index (Phi) is 6.82. The molecule has 2 aromatic rings. The third-order valence-corrected chi connectivity index (χ3v) is 5.43. The Labute approximate surface area is 176 Å². The van der Waals surface area contributed by atoms with Gasteiger partial charge in [-0.15, -0.1) is 0 Å². The minimum atomic E-state index is -0.221. The second-order valence-corrected chi connectivity index (χ2v) is 9.53. The number of ether oxygens (including phenoxy) is 2. The number of benzene rings is 2. The molecule has 0 aliphatic heterocycles. The first-order chi connectivity index (χ1) is 13.3. The molecule has 0 spiro atoms. The lowest BCUT2D eigenvalue weighted by molar-refractivity contribution is -0.138. The third kappa shape index (κ3) is 5.62. The zero-order chi connectivity index (χ0) is 22.0. The lowest BCUT2D eigenvalue weighted by Crippen LogP contribution is -2.24. The summed E-state index contributed by atoms with van der Waals surface area (Å²) in [6, 6.07) is 12.5. The Morgan fingerprint density at radius 2 is 1.38 bits per heavy atom. The summed E-state index contributed by atoms with van der Waals surface area (Å²) in [6.07, 6.45) is 0.775. The van der Waals surface area contributed by atoms with Crippen LogP contribution in [0.15, 0.2) is 36.4 Å². The molecule has 0 heterocycles.